The summed E-state index contributed by atoms with van der Waals surface area (Å²) in [6, 6.07) is 41.8. The van der Waals surface area contributed by atoms with Gasteiger partial charge in [0.05, 0.1) is 12.0 Å². The number of benzene rings is 6. The Bertz CT molecular complexity index is 3270. The summed E-state index contributed by atoms with van der Waals surface area (Å²) in [5, 5.41) is 16.6. The van der Waals surface area contributed by atoms with Crippen LogP contribution >= 0.6 is 0 Å². The first kappa shape index (κ1) is 43.1. The van der Waals surface area contributed by atoms with Crippen LogP contribution < -0.4 is 14.5 Å². The highest BCUT2D eigenvalue weighted by Gasteiger charge is 2.31. The van der Waals surface area contributed by atoms with Crippen molar-refractivity contribution in [2.45, 2.75) is 38.7 Å². The molecule has 5 heteroatoms. The molecule has 1 heterocycles. The van der Waals surface area contributed by atoms with E-state index in [-0.39, 0.29) is 11.7 Å². The summed E-state index contributed by atoms with van der Waals surface area (Å²) >= 11 is 0. The van der Waals surface area contributed by atoms with Crippen molar-refractivity contribution in [3.05, 3.63) is 248 Å². The standard InChI is InChI=1S/C61H51N3O2/c1-7-8-18-40(2)57-38-51(30-29-47(57)39-62)64(50-31-32-55-46(37-50)28-27-45-19-15-16-24-54(45)55)42(4)36-60-44(6)53-25-17-26-56-52(33-34-59(66-60)61(53)56)43(5)58(65)35-41(3)63(48-20-11-9-12-21-48)49-22-13-10-14-23-49/h7-9,11-13,15-28,30-35,37-38,47,60H,1-2,4-6,10,14,29,36H2,3H3/b18-8?,41-35+. The summed E-state index contributed by atoms with van der Waals surface area (Å²) in [5.41, 5.74) is 9.98. The molecule has 0 N–H and O–H groups in total. The minimum absolute atomic E-state index is 0.170. The quantitative estimate of drug-likeness (QED) is 0.0620. The molecule has 0 saturated heterocycles. The molecule has 0 bridgehead atoms. The molecule has 1 aliphatic heterocycles. The van der Waals surface area contributed by atoms with Crippen LogP contribution in [-0.4, -0.2) is 11.9 Å². The third kappa shape index (κ3) is 8.22. The third-order valence-corrected chi connectivity index (χ3v) is 12.8. The number of carbonyl (C=O) groups is 1. The second-order valence-corrected chi connectivity index (χ2v) is 16.9. The second-order valence-electron chi connectivity index (χ2n) is 16.9. The van der Waals surface area contributed by atoms with E-state index in [1.54, 1.807) is 12.2 Å². The van der Waals surface area contributed by atoms with Crippen LogP contribution in [-0.2, 0) is 4.79 Å². The molecule has 66 heavy (non-hydrogen) atoms. The van der Waals surface area contributed by atoms with E-state index in [2.05, 4.69) is 145 Å². The third-order valence-electron chi connectivity index (χ3n) is 12.8. The molecule has 9 rings (SSSR count). The molecular weight excluding hydrogens is 807 g/mol. The van der Waals surface area contributed by atoms with Crippen molar-refractivity contribution < 1.29 is 9.53 Å². The highest BCUT2D eigenvalue weighted by Crippen LogP contribution is 2.45. The first-order valence-electron chi connectivity index (χ1n) is 22.4. The van der Waals surface area contributed by atoms with Crippen molar-refractivity contribution in [3.8, 4) is 11.8 Å². The molecule has 5 nitrogen and oxygen atoms in total. The first-order chi connectivity index (χ1) is 32.1. The molecule has 0 aromatic heterocycles. The molecule has 0 fully saturated rings. The van der Waals surface area contributed by atoms with Crippen molar-refractivity contribution in [1.82, 2.24) is 0 Å². The number of nitriles is 1. The highest BCUT2D eigenvalue weighted by atomic mass is 16.5. The molecule has 6 aromatic rings. The number of allylic oxidation sites excluding steroid dienone is 13. The number of para-hydroxylation sites is 1. The van der Waals surface area contributed by atoms with Gasteiger partial charge in [-0.25, -0.2) is 0 Å². The van der Waals surface area contributed by atoms with Gasteiger partial charge in [0.1, 0.15) is 11.9 Å². The summed E-state index contributed by atoms with van der Waals surface area (Å²) in [5.74, 6) is 0.194. The SMILES string of the molecule is C=CC=CC(=C)C1=CC(N(C(=C)CC2Oc3ccc(C(=C)C(=O)/C=C(\C)N(C4=CCCC=C4)c4ccccc4)c4cccc(c34)C2=C)c2ccc3c(ccc4ccccc43)c2)=CCC1C#N. The lowest BCUT2D eigenvalue weighted by atomic mass is 9.86. The Morgan fingerprint density at radius 3 is 2.38 bits per heavy atom. The Morgan fingerprint density at radius 2 is 1.59 bits per heavy atom. The predicted octanol–water partition coefficient (Wildman–Crippen LogP) is 15.2. The van der Waals surface area contributed by atoms with E-state index in [0.29, 0.717) is 24.2 Å². The molecule has 0 amide bonds. The van der Waals surface area contributed by atoms with Crippen LogP contribution in [0.4, 0.5) is 11.4 Å². The van der Waals surface area contributed by atoms with E-state index in [0.717, 1.165) is 96.4 Å². The maximum absolute atomic E-state index is 14.1. The molecule has 0 spiro atoms. The Morgan fingerprint density at radius 1 is 0.818 bits per heavy atom. The second kappa shape index (κ2) is 18.5. The zero-order valence-corrected chi connectivity index (χ0v) is 37.3. The number of hydrogen-bond acceptors (Lipinski definition) is 5. The van der Waals surface area contributed by atoms with Crippen LogP contribution in [0, 0.1) is 17.2 Å². The van der Waals surface area contributed by atoms with E-state index in [1.165, 1.54) is 10.8 Å². The summed E-state index contributed by atoms with van der Waals surface area (Å²) in [6.07, 6.45) is 20.2. The van der Waals surface area contributed by atoms with E-state index >= 15 is 0 Å². The molecule has 6 aromatic carbocycles. The summed E-state index contributed by atoms with van der Waals surface area (Å²) in [6.45, 7) is 23.8. The summed E-state index contributed by atoms with van der Waals surface area (Å²) in [4.78, 5) is 18.4. The topological polar surface area (TPSA) is 56.6 Å². The van der Waals surface area contributed by atoms with Crippen molar-refractivity contribution in [2.24, 2.45) is 5.92 Å². The molecular formula is C61H51N3O2. The van der Waals surface area contributed by atoms with E-state index in [1.807, 2.05) is 61.5 Å². The molecule has 2 aliphatic carbocycles. The van der Waals surface area contributed by atoms with E-state index in [4.69, 9.17) is 11.3 Å². The van der Waals surface area contributed by atoms with Gasteiger partial charge in [-0.2, -0.15) is 5.26 Å². The lowest BCUT2D eigenvalue weighted by molar-refractivity contribution is -0.109. The number of fused-ring (bicyclic) bond motifs is 3. The molecule has 3 aliphatic rings. The maximum atomic E-state index is 14.1. The zero-order chi connectivity index (χ0) is 45.9. The minimum Gasteiger partial charge on any atom is -0.485 e. The Balaban J connectivity index is 1.03. The molecule has 2 atom stereocenters. The smallest absolute Gasteiger partial charge is 0.187 e. The van der Waals surface area contributed by atoms with E-state index < -0.39 is 6.10 Å². The molecule has 2 unspecified atom stereocenters. The zero-order valence-electron chi connectivity index (χ0n) is 37.3. The summed E-state index contributed by atoms with van der Waals surface area (Å²) in [7, 11) is 0. The molecule has 322 valence electrons. The number of rotatable bonds is 14. The number of ether oxygens (including phenoxy) is 1. The van der Waals surface area contributed by atoms with Crippen LogP contribution in [0.5, 0.6) is 5.75 Å². The van der Waals surface area contributed by atoms with Crippen molar-refractivity contribution >= 4 is 60.6 Å². The fourth-order valence-corrected chi connectivity index (χ4v) is 9.46. The van der Waals surface area contributed by atoms with Gasteiger partial charge in [0.15, 0.2) is 5.78 Å². The maximum Gasteiger partial charge on any atom is 0.187 e. The minimum atomic E-state index is -0.444. The number of anilines is 2. The number of hydrogen-bond donors (Lipinski definition) is 0. The Labute approximate surface area is 387 Å². The van der Waals surface area contributed by atoms with Gasteiger partial charge in [-0.1, -0.05) is 148 Å². The van der Waals surface area contributed by atoms with Gasteiger partial charge in [-0.3, -0.25) is 4.79 Å². The van der Waals surface area contributed by atoms with Gasteiger partial charge in [-0.05, 0) is 130 Å². The van der Waals surface area contributed by atoms with Crippen LogP contribution in [0.3, 0.4) is 0 Å². The Kier molecular flexibility index (Phi) is 12.1. The molecule has 0 radical (unpaired) electrons. The average Bonchev–Trinajstić information content (AvgIpc) is 3.35. The fraction of sp³-hybridized carbons (Fsp3) is 0.115. The highest BCUT2D eigenvalue weighted by molar-refractivity contribution is 6.28. The van der Waals surface area contributed by atoms with Gasteiger partial charge in [-0.15, -0.1) is 0 Å². The van der Waals surface area contributed by atoms with Crippen molar-refractivity contribution in [3.63, 3.8) is 0 Å². The largest absolute Gasteiger partial charge is 0.485 e. The fourth-order valence-electron chi connectivity index (χ4n) is 9.46. The van der Waals surface area contributed by atoms with Gasteiger partial charge >= 0.3 is 0 Å². The predicted molar refractivity (Wildman–Crippen MR) is 277 cm³/mol. The lowest BCUT2D eigenvalue weighted by Crippen LogP contribution is -2.29. The molecule has 0 saturated carbocycles. The van der Waals surface area contributed by atoms with Crippen molar-refractivity contribution in [1.29, 1.82) is 5.26 Å². The number of carbonyl (C=O) groups excluding carboxylic acids is 1. The monoisotopic (exact) mass is 857 g/mol. The van der Waals surface area contributed by atoms with Gasteiger partial charge in [0.25, 0.3) is 0 Å². The van der Waals surface area contributed by atoms with Crippen LogP contribution in [0.1, 0.15) is 43.7 Å². The summed E-state index contributed by atoms with van der Waals surface area (Å²) < 4.78 is 6.88. The first-order valence-corrected chi connectivity index (χ1v) is 22.4. The van der Waals surface area contributed by atoms with Gasteiger partial charge < -0.3 is 14.5 Å². The normalized spacial score (nSPS) is 16.8. The van der Waals surface area contributed by atoms with Gasteiger partial charge in [0, 0.05) is 57.6 Å². The van der Waals surface area contributed by atoms with Crippen molar-refractivity contribution in [2.75, 3.05) is 9.80 Å². The van der Waals surface area contributed by atoms with Crippen LogP contribution in [0.15, 0.2) is 237 Å². The van der Waals surface area contributed by atoms with E-state index in [9.17, 15) is 10.1 Å². The Hall–Kier alpha value is -8.20. The van der Waals surface area contributed by atoms with Crippen LogP contribution in [0.2, 0.25) is 0 Å². The number of nitrogens with zero attached hydrogens (tertiary/aromatic N) is 3. The number of ketones is 1. The van der Waals surface area contributed by atoms with Gasteiger partial charge in [0.2, 0.25) is 0 Å². The lowest BCUT2D eigenvalue weighted by Gasteiger charge is -2.35. The average molecular weight is 858 g/mol. The van der Waals surface area contributed by atoms with Crippen LogP contribution in [0.25, 0.3) is 43.5 Å².